The number of aromatic nitrogens is 4. The van der Waals surface area contributed by atoms with Gasteiger partial charge in [-0.3, -0.25) is 9.59 Å². The molecule has 0 saturated carbocycles. The van der Waals surface area contributed by atoms with Gasteiger partial charge in [-0.05, 0) is 18.2 Å². The third-order valence-corrected chi connectivity index (χ3v) is 6.35. The van der Waals surface area contributed by atoms with Gasteiger partial charge in [0.2, 0.25) is 0 Å². The number of halogens is 1. The van der Waals surface area contributed by atoms with Gasteiger partial charge in [0, 0.05) is 49.2 Å². The number of para-hydroxylation sites is 1. The number of allylic oxidation sites excluding steroid dienone is 1. The van der Waals surface area contributed by atoms with Crippen molar-refractivity contribution >= 4 is 34.4 Å². The summed E-state index contributed by atoms with van der Waals surface area (Å²) in [5.74, 6) is -0.178. The zero-order chi connectivity index (χ0) is 24.1. The highest BCUT2D eigenvalue weighted by Crippen LogP contribution is 2.24. The number of carbonyl (C=O) groups is 2. The number of hydrogen-bond donors (Lipinski definition) is 1. The molecule has 0 bridgehead atoms. The Kier molecular flexibility index (Phi) is 7.22. The lowest BCUT2D eigenvalue weighted by Gasteiger charge is -2.09. The summed E-state index contributed by atoms with van der Waals surface area (Å²) < 4.78 is 17.6. The maximum absolute atomic E-state index is 13.8. The molecule has 7 nitrogen and oxygen atoms in total. The SMILES string of the molecule is C=CCn1c(CCNC(=O)c2ccccc2F)nnc1SCC(=O)c1cn(C)c2ccccc12. The summed E-state index contributed by atoms with van der Waals surface area (Å²) >= 11 is 1.31. The molecule has 174 valence electrons. The zero-order valence-electron chi connectivity index (χ0n) is 18.7. The van der Waals surface area contributed by atoms with Crippen LogP contribution in [0.2, 0.25) is 0 Å². The lowest BCUT2D eigenvalue weighted by Crippen LogP contribution is -2.27. The van der Waals surface area contributed by atoms with E-state index >= 15 is 0 Å². The van der Waals surface area contributed by atoms with E-state index in [1.807, 2.05) is 46.6 Å². The number of thioether (sulfide) groups is 1. The fraction of sp³-hybridized carbons (Fsp3) is 0.200. The average molecular weight is 478 g/mol. The smallest absolute Gasteiger partial charge is 0.254 e. The summed E-state index contributed by atoms with van der Waals surface area (Å²) in [4.78, 5) is 25.2. The number of hydrogen-bond acceptors (Lipinski definition) is 5. The van der Waals surface area contributed by atoms with E-state index in [0.29, 0.717) is 29.5 Å². The van der Waals surface area contributed by atoms with Crippen molar-refractivity contribution in [2.75, 3.05) is 12.3 Å². The number of ketones is 1. The molecule has 1 N–H and O–H groups in total. The summed E-state index contributed by atoms with van der Waals surface area (Å²) in [5.41, 5.74) is 1.68. The Balaban J connectivity index is 1.40. The maximum Gasteiger partial charge on any atom is 0.254 e. The van der Waals surface area contributed by atoms with Crippen LogP contribution in [0.4, 0.5) is 4.39 Å². The van der Waals surface area contributed by atoms with Crippen LogP contribution in [0.25, 0.3) is 10.9 Å². The third kappa shape index (κ3) is 4.94. The van der Waals surface area contributed by atoms with E-state index < -0.39 is 11.7 Å². The van der Waals surface area contributed by atoms with Crippen LogP contribution < -0.4 is 5.32 Å². The minimum atomic E-state index is -0.565. The molecule has 9 heteroatoms. The minimum Gasteiger partial charge on any atom is -0.351 e. The van der Waals surface area contributed by atoms with Crippen molar-refractivity contribution in [3.05, 3.63) is 90.2 Å². The molecule has 0 spiro atoms. The fourth-order valence-corrected chi connectivity index (χ4v) is 4.57. The number of aryl methyl sites for hydroxylation is 1. The minimum absolute atomic E-state index is 0.00162. The first-order valence-corrected chi connectivity index (χ1v) is 11.7. The Morgan fingerprint density at radius 3 is 2.68 bits per heavy atom. The second-order valence-electron chi connectivity index (χ2n) is 7.67. The molecule has 1 amide bonds. The number of amides is 1. The van der Waals surface area contributed by atoms with Gasteiger partial charge in [-0.1, -0.05) is 48.2 Å². The van der Waals surface area contributed by atoms with Crippen LogP contribution in [0.3, 0.4) is 0 Å². The normalized spacial score (nSPS) is 11.0. The second kappa shape index (κ2) is 10.5. The van der Waals surface area contributed by atoms with Crippen molar-refractivity contribution in [2.45, 2.75) is 18.1 Å². The highest BCUT2D eigenvalue weighted by atomic mass is 32.2. The van der Waals surface area contributed by atoms with Gasteiger partial charge in [0.1, 0.15) is 11.6 Å². The van der Waals surface area contributed by atoms with Crippen LogP contribution in [0.1, 0.15) is 26.5 Å². The Morgan fingerprint density at radius 1 is 1.12 bits per heavy atom. The summed E-state index contributed by atoms with van der Waals surface area (Å²) in [6, 6.07) is 13.6. The van der Waals surface area contributed by atoms with Crippen molar-refractivity contribution in [1.29, 1.82) is 0 Å². The standard InChI is InChI=1S/C25H24FN5O2S/c1-3-14-31-23(12-13-27-24(33)18-9-4-6-10-20(18)26)28-29-25(31)34-16-22(32)19-15-30(2)21-11-7-5-8-17(19)21/h3-11,15H,1,12-14,16H2,2H3,(H,27,33). The van der Waals surface area contributed by atoms with Gasteiger partial charge in [-0.15, -0.1) is 16.8 Å². The van der Waals surface area contributed by atoms with Gasteiger partial charge in [0.25, 0.3) is 5.91 Å². The van der Waals surface area contributed by atoms with Crippen LogP contribution in [-0.4, -0.2) is 43.3 Å². The molecule has 0 atom stereocenters. The number of fused-ring (bicyclic) bond motifs is 1. The Bertz CT molecular complexity index is 1360. The van der Waals surface area contributed by atoms with Crippen molar-refractivity contribution in [3.63, 3.8) is 0 Å². The number of Topliss-reactive ketones (excluding diaryl/α,β-unsaturated/α-hetero) is 1. The molecule has 0 aliphatic rings. The van der Waals surface area contributed by atoms with E-state index in [2.05, 4.69) is 22.1 Å². The molecule has 0 saturated heterocycles. The molecule has 0 unspecified atom stereocenters. The van der Waals surface area contributed by atoms with Gasteiger partial charge in [-0.2, -0.15) is 0 Å². The monoisotopic (exact) mass is 477 g/mol. The average Bonchev–Trinajstić information content (AvgIpc) is 3.39. The summed E-state index contributed by atoms with van der Waals surface area (Å²) in [6.07, 6.45) is 3.98. The topological polar surface area (TPSA) is 81.8 Å². The van der Waals surface area contributed by atoms with Crippen LogP contribution in [0, 0.1) is 5.82 Å². The van der Waals surface area contributed by atoms with E-state index in [1.54, 1.807) is 12.1 Å². The quantitative estimate of drug-likeness (QED) is 0.212. The molecule has 0 fully saturated rings. The fourth-order valence-electron chi connectivity index (χ4n) is 3.72. The predicted molar refractivity (Wildman–Crippen MR) is 131 cm³/mol. The van der Waals surface area contributed by atoms with E-state index in [-0.39, 0.29) is 23.6 Å². The number of carbonyl (C=O) groups excluding carboxylic acids is 2. The molecule has 0 aliphatic heterocycles. The largest absolute Gasteiger partial charge is 0.351 e. The van der Waals surface area contributed by atoms with Crippen molar-refractivity contribution < 1.29 is 14.0 Å². The summed E-state index contributed by atoms with van der Waals surface area (Å²) in [7, 11) is 1.92. The first-order chi connectivity index (χ1) is 16.5. The zero-order valence-corrected chi connectivity index (χ0v) is 19.5. The highest BCUT2D eigenvalue weighted by Gasteiger charge is 2.18. The van der Waals surface area contributed by atoms with Crippen LogP contribution in [0.15, 0.2) is 72.5 Å². The van der Waals surface area contributed by atoms with Crippen molar-refractivity contribution in [3.8, 4) is 0 Å². The number of rotatable bonds is 10. The van der Waals surface area contributed by atoms with E-state index in [9.17, 15) is 14.0 Å². The molecule has 0 aliphatic carbocycles. The second-order valence-corrected chi connectivity index (χ2v) is 8.61. The van der Waals surface area contributed by atoms with Crippen LogP contribution >= 0.6 is 11.8 Å². The summed E-state index contributed by atoms with van der Waals surface area (Å²) in [6.45, 7) is 4.52. The Labute approximate surface area is 200 Å². The molecule has 2 aromatic heterocycles. The molecule has 4 aromatic rings. The number of nitrogens with zero attached hydrogens (tertiary/aromatic N) is 4. The first-order valence-electron chi connectivity index (χ1n) is 10.8. The van der Waals surface area contributed by atoms with Gasteiger partial charge in [-0.25, -0.2) is 4.39 Å². The molecule has 2 aromatic carbocycles. The van der Waals surface area contributed by atoms with E-state index in [1.165, 1.54) is 30.0 Å². The molecule has 34 heavy (non-hydrogen) atoms. The van der Waals surface area contributed by atoms with Crippen LogP contribution in [0.5, 0.6) is 0 Å². The third-order valence-electron chi connectivity index (χ3n) is 5.39. The first kappa shape index (κ1) is 23.4. The molecule has 0 radical (unpaired) electrons. The molecule has 2 heterocycles. The molecule has 4 rings (SSSR count). The lowest BCUT2D eigenvalue weighted by molar-refractivity contribution is 0.0949. The summed E-state index contributed by atoms with van der Waals surface area (Å²) in [5, 5.41) is 12.7. The highest BCUT2D eigenvalue weighted by molar-refractivity contribution is 7.99. The van der Waals surface area contributed by atoms with E-state index in [4.69, 9.17) is 0 Å². The van der Waals surface area contributed by atoms with Gasteiger partial charge in [0.05, 0.1) is 11.3 Å². The van der Waals surface area contributed by atoms with Gasteiger partial charge < -0.3 is 14.5 Å². The van der Waals surface area contributed by atoms with Crippen molar-refractivity contribution in [2.24, 2.45) is 7.05 Å². The predicted octanol–water partition coefficient (Wildman–Crippen LogP) is 4.04. The van der Waals surface area contributed by atoms with Gasteiger partial charge >= 0.3 is 0 Å². The number of benzene rings is 2. The molecular formula is C25H24FN5O2S. The Hall–Kier alpha value is -3.72. The van der Waals surface area contributed by atoms with E-state index in [0.717, 1.165) is 10.9 Å². The van der Waals surface area contributed by atoms with Gasteiger partial charge in [0.15, 0.2) is 10.9 Å². The maximum atomic E-state index is 13.8. The Morgan fingerprint density at radius 2 is 1.88 bits per heavy atom. The lowest BCUT2D eigenvalue weighted by atomic mass is 10.1. The number of nitrogens with one attached hydrogen (secondary N) is 1. The van der Waals surface area contributed by atoms with Crippen molar-refractivity contribution in [1.82, 2.24) is 24.6 Å². The van der Waals surface area contributed by atoms with Crippen LogP contribution in [-0.2, 0) is 20.0 Å². The molecular weight excluding hydrogens is 453 g/mol.